The van der Waals surface area contributed by atoms with E-state index in [0.29, 0.717) is 143 Å². The van der Waals surface area contributed by atoms with Gasteiger partial charge in [-0.1, -0.05) is 38.1 Å². The highest BCUT2D eigenvalue weighted by Crippen LogP contribution is 2.40. The zero-order valence-electron chi connectivity index (χ0n) is 47.8. The Morgan fingerprint density at radius 3 is 2.28 bits per heavy atom. The second-order valence-electron chi connectivity index (χ2n) is 20.9. The molecule has 7 rings (SSSR count). The topological polar surface area (TPSA) is 288 Å². The molecule has 5 aromatic heterocycles. The lowest BCUT2D eigenvalue weighted by Gasteiger charge is -2.32. The van der Waals surface area contributed by atoms with Crippen molar-refractivity contribution < 1.29 is 57.1 Å². The largest absolute Gasteiger partial charge is 0.484 e. The van der Waals surface area contributed by atoms with Gasteiger partial charge in [-0.25, -0.2) is 29.7 Å². The number of nitriles is 1. The van der Waals surface area contributed by atoms with Crippen LogP contribution in [-0.4, -0.2) is 148 Å². The Hall–Kier alpha value is -8.50. The number of hydrogen-bond acceptors (Lipinski definition) is 21. The van der Waals surface area contributed by atoms with Crippen LogP contribution in [0.4, 0.5) is 5.82 Å². The number of carbonyl (C=O) groups is 4. The molecule has 440 valence electrons. The Morgan fingerprint density at radius 2 is 1.55 bits per heavy atom. The van der Waals surface area contributed by atoms with E-state index in [0.717, 1.165) is 25.0 Å². The molecule has 0 unspecified atom stereocenters. The van der Waals surface area contributed by atoms with Gasteiger partial charge in [0.25, 0.3) is 11.8 Å². The van der Waals surface area contributed by atoms with Crippen molar-refractivity contribution >= 4 is 29.4 Å². The fraction of sp³-hybridized carbons (Fsp3) is 0.458. The monoisotopic (exact) mass is 1140 g/mol. The summed E-state index contributed by atoms with van der Waals surface area (Å²) < 4.78 is 46.4. The third-order valence-corrected chi connectivity index (χ3v) is 13.0. The van der Waals surface area contributed by atoms with Gasteiger partial charge in [0.1, 0.15) is 40.8 Å². The van der Waals surface area contributed by atoms with Gasteiger partial charge in [0.05, 0.1) is 95.1 Å². The molecule has 2 amide bonds. The fourth-order valence-corrected chi connectivity index (χ4v) is 8.42. The van der Waals surface area contributed by atoms with Crippen LogP contribution in [0.25, 0.3) is 11.3 Å². The number of aromatic nitrogens is 8. The number of carbonyl (C=O) groups excluding carboxylic acids is 4. The van der Waals surface area contributed by atoms with Crippen LogP contribution in [0.1, 0.15) is 104 Å². The summed E-state index contributed by atoms with van der Waals surface area (Å²) in [6.07, 6.45) is 11.9. The van der Waals surface area contributed by atoms with Crippen molar-refractivity contribution in [3.05, 3.63) is 120 Å². The third-order valence-electron chi connectivity index (χ3n) is 13.0. The number of unbranched alkanes of at least 4 members (excludes halogenated alkanes) is 2. The minimum absolute atomic E-state index is 0.0171. The second kappa shape index (κ2) is 31.1. The first-order chi connectivity index (χ1) is 40.1. The van der Waals surface area contributed by atoms with Gasteiger partial charge in [-0.2, -0.15) is 5.26 Å². The zero-order valence-corrected chi connectivity index (χ0v) is 47.8. The number of hydrogen-bond donors (Lipinski definition) is 2. The van der Waals surface area contributed by atoms with Crippen LogP contribution in [0.5, 0.6) is 23.4 Å². The first-order valence-corrected chi connectivity index (χ1v) is 27.4. The molecule has 6 heterocycles. The van der Waals surface area contributed by atoms with Gasteiger partial charge in [-0.05, 0) is 87.8 Å². The zero-order chi connectivity index (χ0) is 59.0. The predicted molar refractivity (Wildman–Crippen MR) is 302 cm³/mol. The van der Waals surface area contributed by atoms with Gasteiger partial charge in [0.2, 0.25) is 5.88 Å². The lowest BCUT2D eigenvalue weighted by atomic mass is 9.88. The smallest absolute Gasteiger partial charge is 0.328 e. The van der Waals surface area contributed by atoms with E-state index < -0.39 is 23.5 Å². The molecule has 0 bridgehead atoms. The van der Waals surface area contributed by atoms with Crippen molar-refractivity contribution in [2.24, 2.45) is 5.41 Å². The number of rotatable bonds is 34. The number of esters is 1. The quantitative estimate of drug-likeness (QED) is 0.0315. The number of methoxy groups -OCH3 is 1. The minimum atomic E-state index is -0.863. The Labute approximate surface area is 482 Å². The van der Waals surface area contributed by atoms with Crippen LogP contribution < -0.4 is 29.7 Å². The van der Waals surface area contributed by atoms with E-state index >= 15 is 0 Å². The van der Waals surface area contributed by atoms with E-state index in [-0.39, 0.29) is 35.6 Å². The molecular weight excluding hydrogens is 1070 g/mol. The van der Waals surface area contributed by atoms with E-state index in [1.165, 1.54) is 13.3 Å². The molecule has 0 aliphatic carbocycles. The molecule has 0 spiro atoms. The molecule has 24 heteroatoms. The number of ketones is 1. The van der Waals surface area contributed by atoms with Crippen LogP contribution in [0.2, 0.25) is 0 Å². The number of ether oxygens (including phenoxy) is 8. The van der Waals surface area contributed by atoms with Gasteiger partial charge >= 0.3 is 12.0 Å². The molecule has 0 saturated heterocycles. The Morgan fingerprint density at radius 1 is 0.807 bits per heavy atom. The van der Waals surface area contributed by atoms with Crippen molar-refractivity contribution in [2.75, 3.05) is 78.0 Å². The number of nitrogens with zero attached hydrogens (tertiary/aromatic N) is 10. The number of Topliss-reactive ketones (excluding diaryl/α,β-unsaturated/α-hetero) is 1. The van der Waals surface area contributed by atoms with E-state index in [1.54, 1.807) is 77.9 Å². The number of anilines is 1. The summed E-state index contributed by atoms with van der Waals surface area (Å²) in [6.45, 7) is 14.2. The summed E-state index contributed by atoms with van der Waals surface area (Å²) in [6, 6.07) is 18.6. The lowest BCUT2D eigenvalue weighted by Crippen LogP contribution is -2.44. The second-order valence-corrected chi connectivity index (χ2v) is 20.9. The molecule has 1 aliphatic rings. The van der Waals surface area contributed by atoms with Gasteiger partial charge in [-0.15, -0.1) is 5.10 Å². The maximum atomic E-state index is 13.4. The summed E-state index contributed by atoms with van der Waals surface area (Å²) in [5.74, 6) is 0.240. The van der Waals surface area contributed by atoms with Crippen molar-refractivity contribution in [2.45, 2.75) is 98.0 Å². The molecule has 83 heavy (non-hydrogen) atoms. The normalized spacial score (nSPS) is 13.0. The molecule has 0 saturated carbocycles. The van der Waals surface area contributed by atoms with Crippen molar-refractivity contribution in [1.82, 2.24) is 50.5 Å². The SMILES string of the molecule is COC(=O)[C@H](CCC(C)(C)C)NC(=O)COc1cccc(Oc2ccc(C(=O)NCCOCCOCCOCCOCc3cn(CCCCCOc4ncc(-c5ccc6c(n5)N(Cc5cccnc5C#N)C(C)(C)C6=O)cn4)nn3)cn2)c1. The summed E-state index contributed by atoms with van der Waals surface area (Å²) in [5.41, 5.74) is 3.02. The number of fused-ring (bicyclic) bond motifs is 1. The highest BCUT2D eigenvalue weighted by atomic mass is 16.6. The summed E-state index contributed by atoms with van der Waals surface area (Å²) in [5, 5.41) is 23.5. The highest BCUT2D eigenvalue weighted by Gasteiger charge is 2.45. The molecule has 2 N–H and O–H groups in total. The van der Waals surface area contributed by atoms with Crippen LogP contribution in [0.3, 0.4) is 0 Å². The van der Waals surface area contributed by atoms with E-state index in [1.807, 2.05) is 31.0 Å². The molecule has 0 fully saturated rings. The van der Waals surface area contributed by atoms with Crippen molar-refractivity contribution in [1.29, 1.82) is 5.26 Å². The standard InChI is InChI=1S/C59H72N12O12/c1-58(2,3)20-19-49(56(75)76-6)66-51(72)40-82-45-13-10-14-46(32-45)83-52-18-15-41(34-63-52)55(74)62-22-25-77-26-27-78-28-29-79-30-31-80-39-44-38-70(69-68-44)23-8-7-9-24-81-57-64-35-43(36-65-57)48-17-16-47-53(73)59(4,5)71(54(47)67-48)37-42-12-11-21-61-50(42)33-60/h10-18,21,32,34-36,38,49H,7-9,19-20,22-31,37,39-40H2,1-6H3,(H,62,74)(H,66,72)/t49-/m0/s1. The number of amides is 2. The Bertz CT molecular complexity index is 3110. The maximum Gasteiger partial charge on any atom is 0.328 e. The summed E-state index contributed by atoms with van der Waals surface area (Å²) >= 11 is 0. The number of aryl methyl sites for hydroxylation is 1. The van der Waals surface area contributed by atoms with E-state index in [2.05, 4.69) is 67.7 Å². The van der Waals surface area contributed by atoms with E-state index in [4.69, 9.17) is 42.9 Å². The van der Waals surface area contributed by atoms with Crippen LogP contribution in [-0.2, 0) is 53.0 Å². The van der Waals surface area contributed by atoms with E-state index in [9.17, 15) is 24.4 Å². The van der Waals surface area contributed by atoms with Crippen LogP contribution in [0.15, 0.2) is 91.6 Å². The van der Waals surface area contributed by atoms with Gasteiger partial charge < -0.3 is 53.4 Å². The Kier molecular flexibility index (Phi) is 23.3. The van der Waals surface area contributed by atoms with Crippen LogP contribution in [0, 0.1) is 16.7 Å². The first kappa shape index (κ1) is 62.1. The molecular formula is C59H72N12O12. The van der Waals surface area contributed by atoms with Gasteiger partial charge in [0.15, 0.2) is 12.4 Å². The molecule has 24 nitrogen and oxygen atoms in total. The summed E-state index contributed by atoms with van der Waals surface area (Å²) in [4.78, 5) is 74.8. The molecule has 0 radical (unpaired) electrons. The average molecular weight is 1140 g/mol. The van der Waals surface area contributed by atoms with Crippen molar-refractivity contribution in [3.63, 3.8) is 0 Å². The van der Waals surface area contributed by atoms with Gasteiger partial charge in [0, 0.05) is 67.7 Å². The number of benzene rings is 1. The molecule has 1 atom stereocenters. The number of pyridine rings is 3. The van der Waals surface area contributed by atoms with Crippen molar-refractivity contribution in [3.8, 4) is 40.7 Å². The third kappa shape index (κ3) is 19.3. The minimum Gasteiger partial charge on any atom is -0.484 e. The average Bonchev–Trinajstić information content (AvgIpc) is 2.40. The number of nitrogens with one attached hydrogen (secondary N) is 2. The predicted octanol–water partition coefficient (Wildman–Crippen LogP) is 6.67. The summed E-state index contributed by atoms with van der Waals surface area (Å²) in [7, 11) is 1.29. The molecule has 1 aliphatic heterocycles. The lowest BCUT2D eigenvalue weighted by molar-refractivity contribution is -0.145. The molecule has 1 aromatic carbocycles. The fourth-order valence-electron chi connectivity index (χ4n) is 8.42. The Balaban J connectivity index is 0.664. The van der Waals surface area contributed by atoms with Crippen LogP contribution >= 0.6 is 0 Å². The van der Waals surface area contributed by atoms with Gasteiger partial charge in [-0.3, -0.25) is 19.1 Å². The first-order valence-electron chi connectivity index (χ1n) is 27.4. The highest BCUT2D eigenvalue weighted by molar-refractivity contribution is 6.13. The maximum absolute atomic E-state index is 13.4. The molecule has 6 aromatic rings.